The predicted octanol–water partition coefficient (Wildman–Crippen LogP) is 2.11. The van der Waals surface area contributed by atoms with E-state index in [1.807, 2.05) is 0 Å². The molecule has 4 nitrogen and oxygen atoms in total. The van der Waals surface area contributed by atoms with Crippen molar-refractivity contribution in [2.24, 2.45) is 0 Å². The van der Waals surface area contributed by atoms with Crippen molar-refractivity contribution in [3.8, 4) is 0 Å². The molecule has 1 unspecified atom stereocenters. The summed E-state index contributed by atoms with van der Waals surface area (Å²) < 4.78 is 34.3. The van der Waals surface area contributed by atoms with Crippen LogP contribution < -0.4 is 4.65 Å². The Morgan fingerprint density at radius 3 is 2.67 bits per heavy atom. The minimum absolute atomic E-state index is 0.0119. The quantitative estimate of drug-likeness (QED) is 0.445. The van der Waals surface area contributed by atoms with Gasteiger partial charge < -0.3 is 5.21 Å². The molecule has 0 fully saturated rings. The van der Waals surface area contributed by atoms with Gasteiger partial charge in [0.05, 0.1) is 0 Å². The summed E-state index contributed by atoms with van der Waals surface area (Å²) in [5.74, 6) is -0.586. The molecule has 1 aromatic carbocycles. The summed E-state index contributed by atoms with van der Waals surface area (Å²) in [5, 5.41) is 12.7. The number of rotatable bonds is 1. The molecular weight excluding hydrogens is 257 g/mol. The number of hydrogen-bond donors (Lipinski definition) is 0. The molecule has 1 heterocycles. The lowest BCUT2D eigenvalue weighted by molar-refractivity contribution is 0.615. The van der Waals surface area contributed by atoms with Gasteiger partial charge in [0.2, 0.25) is 0 Å². The van der Waals surface area contributed by atoms with Gasteiger partial charge in [-0.05, 0) is 25.1 Å². The molecule has 94 valence electrons. The number of benzene rings is 1. The van der Waals surface area contributed by atoms with E-state index >= 15 is 0 Å². The third-order valence-corrected chi connectivity index (χ3v) is 3.54. The van der Waals surface area contributed by atoms with Crippen LogP contribution in [0.2, 0.25) is 0 Å². The molecule has 2 rings (SSSR count). The molecule has 1 aliphatic rings. The predicted molar refractivity (Wildman–Crippen MR) is 68.4 cm³/mol. The standard InChI is InChI=1S/C12H10FNO3S/c1-9-4-3-7-14(15,12(9)18(16)17)11-6-2-5-10(13)8-11/h2-8H,1H3. The van der Waals surface area contributed by atoms with E-state index in [1.54, 1.807) is 0 Å². The van der Waals surface area contributed by atoms with Crippen molar-refractivity contribution >= 4 is 21.0 Å². The van der Waals surface area contributed by atoms with E-state index in [4.69, 9.17) is 0 Å². The van der Waals surface area contributed by atoms with Gasteiger partial charge in [-0.2, -0.15) is 8.42 Å². The topological polar surface area (TPSA) is 57.2 Å². The average molecular weight is 267 g/mol. The van der Waals surface area contributed by atoms with Crippen LogP contribution in [0.15, 0.2) is 48.2 Å². The lowest BCUT2D eigenvalue weighted by Gasteiger charge is -2.38. The van der Waals surface area contributed by atoms with Gasteiger partial charge in [-0.25, -0.2) is 4.39 Å². The Labute approximate surface area is 105 Å². The Morgan fingerprint density at radius 1 is 1.33 bits per heavy atom. The molecule has 0 N–H and O–H groups in total. The molecule has 6 heteroatoms. The highest BCUT2D eigenvalue weighted by Crippen LogP contribution is 2.28. The zero-order valence-corrected chi connectivity index (χ0v) is 10.3. The van der Waals surface area contributed by atoms with Crippen LogP contribution in [0, 0.1) is 11.0 Å². The van der Waals surface area contributed by atoms with Crippen molar-refractivity contribution in [3.05, 3.63) is 59.2 Å². The van der Waals surface area contributed by atoms with Crippen LogP contribution in [-0.2, 0) is 10.3 Å². The molecular formula is C12H10FNO3S. The second kappa shape index (κ2) is 4.49. The van der Waals surface area contributed by atoms with E-state index in [-0.39, 0.29) is 10.7 Å². The van der Waals surface area contributed by atoms with Crippen LogP contribution in [-0.4, -0.2) is 13.4 Å². The van der Waals surface area contributed by atoms with Crippen molar-refractivity contribution in [2.75, 3.05) is 0 Å². The van der Waals surface area contributed by atoms with Crippen molar-refractivity contribution in [1.82, 2.24) is 4.65 Å². The number of allylic oxidation sites excluding steroid dienone is 2. The highest BCUT2D eigenvalue weighted by atomic mass is 32.2. The molecule has 0 aromatic heterocycles. The zero-order valence-electron chi connectivity index (χ0n) is 9.50. The van der Waals surface area contributed by atoms with Crippen LogP contribution in [0.25, 0.3) is 0 Å². The summed E-state index contributed by atoms with van der Waals surface area (Å²) >= 11 is 0. The van der Waals surface area contributed by atoms with Crippen molar-refractivity contribution < 1.29 is 12.8 Å². The second-order valence-corrected chi connectivity index (χ2v) is 4.73. The maximum atomic E-state index is 13.2. The Morgan fingerprint density at radius 2 is 2.06 bits per heavy atom. The molecule has 18 heavy (non-hydrogen) atoms. The summed E-state index contributed by atoms with van der Waals surface area (Å²) in [6, 6.07) is 4.99. The molecule has 0 aliphatic carbocycles. The molecule has 0 radical (unpaired) electrons. The maximum absolute atomic E-state index is 13.2. The normalized spacial score (nSPS) is 22.8. The summed E-state index contributed by atoms with van der Waals surface area (Å²) in [6.45, 7) is 1.53. The van der Waals surface area contributed by atoms with Gasteiger partial charge >= 0.3 is 0 Å². The van der Waals surface area contributed by atoms with E-state index in [0.717, 1.165) is 12.3 Å². The molecule has 1 aromatic rings. The van der Waals surface area contributed by atoms with E-state index < -0.39 is 20.8 Å². The van der Waals surface area contributed by atoms with Crippen LogP contribution in [0.5, 0.6) is 0 Å². The number of halogens is 1. The third kappa shape index (κ3) is 2.01. The summed E-state index contributed by atoms with van der Waals surface area (Å²) in [7, 11) is -2.67. The fourth-order valence-corrected chi connectivity index (χ4v) is 2.56. The summed E-state index contributed by atoms with van der Waals surface area (Å²) in [5.41, 5.74) is 0.350. The molecule has 0 spiro atoms. The first-order valence-electron chi connectivity index (χ1n) is 5.14. The van der Waals surface area contributed by atoms with E-state index in [9.17, 15) is 18.0 Å². The first kappa shape index (κ1) is 12.7. The summed E-state index contributed by atoms with van der Waals surface area (Å²) in [6.07, 6.45) is 4.15. The van der Waals surface area contributed by atoms with Gasteiger partial charge in [-0.3, -0.25) is 4.65 Å². The number of nitrogens with zero attached hydrogens (tertiary/aromatic N) is 1. The van der Waals surface area contributed by atoms with Gasteiger partial charge in [0, 0.05) is 17.7 Å². The Balaban J connectivity index is 2.72. The molecule has 0 bridgehead atoms. The molecule has 0 saturated heterocycles. The number of hydrogen-bond acceptors (Lipinski definition) is 3. The lowest BCUT2D eigenvalue weighted by atomic mass is 10.1. The average Bonchev–Trinajstić information content (AvgIpc) is 2.28. The lowest BCUT2D eigenvalue weighted by Crippen LogP contribution is -2.46. The monoisotopic (exact) mass is 267 g/mol. The number of hydroxylamine groups is 2. The fourth-order valence-electron chi connectivity index (χ4n) is 1.84. The smallest absolute Gasteiger partial charge is 0.277 e. The molecule has 1 aliphatic heterocycles. The van der Waals surface area contributed by atoms with Gasteiger partial charge in [-0.1, -0.05) is 6.07 Å². The van der Waals surface area contributed by atoms with Gasteiger partial charge in [0.1, 0.15) is 17.7 Å². The van der Waals surface area contributed by atoms with Crippen molar-refractivity contribution in [3.63, 3.8) is 0 Å². The first-order chi connectivity index (χ1) is 8.45. The van der Waals surface area contributed by atoms with Gasteiger partial charge in [0.25, 0.3) is 15.3 Å². The third-order valence-electron chi connectivity index (χ3n) is 2.63. The van der Waals surface area contributed by atoms with E-state index in [0.29, 0.717) is 5.57 Å². The SMILES string of the molecule is CC1=CC=C[N+]([O-])(c2cccc(F)c2)C1=S(=O)=O. The van der Waals surface area contributed by atoms with Crippen LogP contribution in [0.4, 0.5) is 10.1 Å². The zero-order chi connectivity index (χ0) is 13.3. The maximum Gasteiger partial charge on any atom is 0.277 e. The number of quaternary nitrogens is 1. The van der Waals surface area contributed by atoms with Gasteiger partial charge in [0.15, 0.2) is 0 Å². The minimum Gasteiger partial charge on any atom is -0.616 e. The Bertz CT molecular complexity index is 683. The van der Waals surface area contributed by atoms with Crippen LogP contribution >= 0.6 is 0 Å². The van der Waals surface area contributed by atoms with Crippen molar-refractivity contribution in [2.45, 2.75) is 6.92 Å². The fraction of sp³-hybridized carbons (Fsp3) is 0.0833. The minimum atomic E-state index is -2.67. The summed E-state index contributed by atoms with van der Waals surface area (Å²) in [4.78, 5) is -0.330. The molecule has 1 atom stereocenters. The van der Waals surface area contributed by atoms with E-state index in [1.165, 1.54) is 37.3 Å². The van der Waals surface area contributed by atoms with Crippen molar-refractivity contribution in [1.29, 1.82) is 0 Å². The molecule has 0 amide bonds. The van der Waals surface area contributed by atoms with E-state index in [2.05, 4.69) is 0 Å². The highest BCUT2D eigenvalue weighted by Gasteiger charge is 2.31. The van der Waals surface area contributed by atoms with Gasteiger partial charge in [-0.15, -0.1) is 0 Å². The highest BCUT2D eigenvalue weighted by molar-refractivity contribution is 7.73. The Kier molecular flexibility index (Phi) is 3.16. The Hall–Kier alpha value is -1.76. The van der Waals surface area contributed by atoms with Crippen LogP contribution in [0.1, 0.15) is 6.92 Å². The molecule has 0 saturated carbocycles. The van der Waals surface area contributed by atoms with Crippen LogP contribution in [0.3, 0.4) is 0 Å². The largest absolute Gasteiger partial charge is 0.616 e. The second-order valence-electron chi connectivity index (χ2n) is 3.87. The first-order valence-corrected chi connectivity index (χ1v) is 6.22.